The highest BCUT2D eigenvalue weighted by Gasteiger charge is 2.37. The molecule has 0 atom stereocenters. The average Bonchev–Trinajstić information content (AvgIpc) is 2.49. The van der Waals surface area contributed by atoms with Gasteiger partial charge in [-0.25, -0.2) is 0 Å². The Balaban J connectivity index is 2.61. The van der Waals surface area contributed by atoms with E-state index in [4.69, 9.17) is 4.74 Å². The molecule has 0 aromatic carbocycles. The molecule has 0 saturated carbocycles. The van der Waals surface area contributed by atoms with Crippen LogP contribution in [0.4, 0.5) is 0 Å². The van der Waals surface area contributed by atoms with Gasteiger partial charge in [-0.2, -0.15) is 0 Å². The first-order valence-electron chi connectivity index (χ1n) is 6.61. The van der Waals surface area contributed by atoms with Gasteiger partial charge in [0, 0.05) is 34.4 Å². The molecule has 0 radical (unpaired) electrons. The molecule has 0 N–H and O–H groups in total. The summed E-state index contributed by atoms with van der Waals surface area (Å²) in [4.78, 5) is 44.0. The topological polar surface area (TPSA) is 79.8 Å². The van der Waals surface area contributed by atoms with Crippen molar-refractivity contribution >= 4 is 17.5 Å². The van der Waals surface area contributed by atoms with E-state index < -0.39 is 11.7 Å². The maximum Gasteiger partial charge on any atom is 0.252 e. The van der Waals surface area contributed by atoms with Crippen LogP contribution in [-0.4, -0.2) is 67.1 Å². The number of ether oxygens (including phenoxy) is 1. The summed E-state index contributed by atoms with van der Waals surface area (Å²) in [6.07, 6.45) is 1.44. The van der Waals surface area contributed by atoms with Crippen molar-refractivity contribution in [2.75, 3.05) is 34.9 Å². The summed E-state index contributed by atoms with van der Waals surface area (Å²) in [6, 6.07) is 3.15. The molecule has 0 unspecified atom stereocenters. The quantitative estimate of drug-likeness (QED) is 0.798. The van der Waals surface area contributed by atoms with E-state index >= 15 is 0 Å². The number of pyridine rings is 1. The molecule has 1 aromatic rings. The lowest BCUT2D eigenvalue weighted by molar-refractivity contribution is -0.131. The van der Waals surface area contributed by atoms with Crippen molar-refractivity contribution in [1.82, 2.24) is 14.8 Å². The largest absolute Gasteiger partial charge is 0.375 e. The minimum Gasteiger partial charge on any atom is -0.375 e. The highest BCUT2D eigenvalue weighted by molar-refractivity contribution is 6.26. The number of likely N-dealkylation sites (N-methyl/N-ethyl adjacent to an activating group) is 2. The molecule has 7 heteroatoms. The standard InChI is InChI=1S/C15H17N3O4/c1-17(2)12-13(18(3)10(19)8-22-4)15(21)11-9(14(12)20)6-5-7-16-11/h5-7H,8H2,1-4H3. The van der Waals surface area contributed by atoms with Gasteiger partial charge in [-0.1, -0.05) is 0 Å². The molecule has 1 aliphatic rings. The summed E-state index contributed by atoms with van der Waals surface area (Å²) >= 11 is 0. The van der Waals surface area contributed by atoms with Crippen molar-refractivity contribution in [3.63, 3.8) is 0 Å². The van der Waals surface area contributed by atoms with Gasteiger partial charge < -0.3 is 14.5 Å². The molecular weight excluding hydrogens is 286 g/mol. The van der Waals surface area contributed by atoms with E-state index in [0.29, 0.717) is 0 Å². The zero-order valence-electron chi connectivity index (χ0n) is 12.9. The first-order chi connectivity index (χ1) is 10.4. The number of allylic oxidation sites excluding steroid dienone is 2. The lowest BCUT2D eigenvalue weighted by Crippen LogP contribution is -2.40. The van der Waals surface area contributed by atoms with Crippen LogP contribution in [0.25, 0.3) is 0 Å². The number of hydrogen-bond acceptors (Lipinski definition) is 6. The molecule has 22 heavy (non-hydrogen) atoms. The molecule has 1 aliphatic carbocycles. The summed E-state index contributed by atoms with van der Waals surface area (Å²) in [5.74, 6) is -1.21. The number of ketones is 2. The third kappa shape index (κ3) is 2.50. The Labute approximate surface area is 128 Å². The van der Waals surface area contributed by atoms with Crippen LogP contribution in [0.2, 0.25) is 0 Å². The zero-order valence-corrected chi connectivity index (χ0v) is 12.9. The Morgan fingerprint density at radius 1 is 1.18 bits per heavy atom. The Morgan fingerprint density at radius 2 is 1.86 bits per heavy atom. The maximum atomic E-state index is 12.7. The second kappa shape index (κ2) is 6.07. The third-order valence-corrected chi connectivity index (χ3v) is 3.35. The predicted octanol–water partition coefficient (Wildman–Crippen LogP) is 0.339. The maximum absolute atomic E-state index is 12.7. The third-order valence-electron chi connectivity index (χ3n) is 3.35. The molecule has 0 aliphatic heterocycles. The molecule has 1 aromatic heterocycles. The number of carbonyl (C=O) groups excluding carboxylic acids is 3. The van der Waals surface area contributed by atoms with E-state index in [1.54, 1.807) is 26.2 Å². The van der Waals surface area contributed by atoms with Crippen molar-refractivity contribution in [2.24, 2.45) is 0 Å². The van der Waals surface area contributed by atoms with E-state index in [-0.39, 0.29) is 35.0 Å². The first-order valence-corrected chi connectivity index (χ1v) is 6.61. The average molecular weight is 303 g/mol. The molecule has 1 heterocycles. The fourth-order valence-corrected chi connectivity index (χ4v) is 2.30. The molecule has 0 spiro atoms. The Kier molecular flexibility index (Phi) is 4.37. The fraction of sp³-hybridized carbons (Fsp3) is 0.333. The SMILES string of the molecule is COCC(=O)N(C)C1=C(N(C)C)C(=O)c2cccnc2C1=O. The summed E-state index contributed by atoms with van der Waals surface area (Å²) in [6.45, 7) is -0.183. The van der Waals surface area contributed by atoms with Gasteiger partial charge in [0.25, 0.3) is 5.91 Å². The number of rotatable bonds is 4. The lowest BCUT2D eigenvalue weighted by Gasteiger charge is -2.29. The van der Waals surface area contributed by atoms with Crippen LogP contribution >= 0.6 is 0 Å². The number of fused-ring (bicyclic) bond motifs is 1. The van der Waals surface area contributed by atoms with E-state index in [2.05, 4.69) is 4.98 Å². The molecule has 1 amide bonds. The smallest absolute Gasteiger partial charge is 0.252 e. The molecule has 0 saturated heterocycles. The summed E-state index contributed by atoms with van der Waals surface area (Å²) in [5, 5.41) is 0. The van der Waals surface area contributed by atoms with E-state index in [9.17, 15) is 14.4 Å². The molecule has 2 rings (SSSR count). The predicted molar refractivity (Wildman–Crippen MR) is 78.3 cm³/mol. The van der Waals surface area contributed by atoms with Gasteiger partial charge in [-0.15, -0.1) is 0 Å². The van der Waals surface area contributed by atoms with Crippen LogP contribution in [0.1, 0.15) is 20.8 Å². The number of hydrogen-bond donors (Lipinski definition) is 0. The van der Waals surface area contributed by atoms with Gasteiger partial charge in [0.05, 0.1) is 5.56 Å². The van der Waals surface area contributed by atoms with Gasteiger partial charge in [-0.3, -0.25) is 19.4 Å². The van der Waals surface area contributed by atoms with Crippen molar-refractivity contribution in [3.8, 4) is 0 Å². The fourth-order valence-electron chi connectivity index (χ4n) is 2.30. The van der Waals surface area contributed by atoms with Crippen molar-refractivity contribution < 1.29 is 19.1 Å². The number of amides is 1. The highest BCUT2D eigenvalue weighted by Crippen LogP contribution is 2.27. The molecular formula is C15H17N3O4. The Hall–Kier alpha value is -2.54. The van der Waals surface area contributed by atoms with Gasteiger partial charge in [0.15, 0.2) is 0 Å². The van der Waals surface area contributed by atoms with Crippen LogP contribution in [0, 0.1) is 0 Å². The monoisotopic (exact) mass is 303 g/mol. The molecule has 116 valence electrons. The van der Waals surface area contributed by atoms with Crippen molar-refractivity contribution in [2.45, 2.75) is 0 Å². The molecule has 0 fully saturated rings. The Morgan fingerprint density at radius 3 is 2.45 bits per heavy atom. The van der Waals surface area contributed by atoms with Crippen molar-refractivity contribution in [1.29, 1.82) is 0 Å². The van der Waals surface area contributed by atoms with Crippen LogP contribution in [-0.2, 0) is 9.53 Å². The number of carbonyl (C=O) groups is 3. The summed E-state index contributed by atoms with van der Waals surface area (Å²) < 4.78 is 4.80. The van der Waals surface area contributed by atoms with Gasteiger partial charge in [0.2, 0.25) is 11.6 Å². The Bertz CT molecular complexity index is 679. The number of methoxy groups -OCH3 is 1. The van der Waals surface area contributed by atoms with E-state index in [1.165, 1.54) is 25.3 Å². The number of aromatic nitrogens is 1. The van der Waals surface area contributed by atoms with E-state index in [1.807, 2.05) is 0 Å². The highest BCUT2D eigenvalue weighted by atomic mass is 16.5. The van der Waals surface area contributed by atoms with Crippen LogP contribution in [0.5, 0.6) is 0 Å². The number of nitrogens with zero attached hydrogens (tertiary/aromatic N) is 3. The van der Waals surface area contributed by atoms with Crippen LogP contribution < -0.4 is 0 Å². The van der Waals surface area contributed by atoms with Gasteiger partial charge in [0.1, 0.15) is 23.7 Å². The molecule has 0 bridgehead atoms. The van der Waals surface area contributed by atoms with Gasteiger partial charge >= 0.3 is 0 Å². The zero-order chi connectivity index (χ0) is 16.4. The normalized spacial score (nSPS) is 14.0. The van der Waals surface area contributed by atoms with Crippen molar-refractivity contribution in [3.05, 3.63) is 41.0 Å². The first kappa shape index (κ1) is 15.8. The van der Waals surface area contributed by atoms with Crippen LogP contribution in [0.15, 0.2) is 29.7 Å². The van der Waals surface area contributed by atoms with Gasteiger partial charge in [-0.05, 0) is 12.1 Å². The van der Waals surface area contributed by atoms with Crippen LogP contribution in [0.3, 0.4) is 0 Å². The summed E-state index contributed by atoms with van der Waals surface area (Å²) in [7, 11) is 6.13. The lowest BCUT2D eigenvalue weighted by atomic mass is 9.93. The second-order valence-electron chi connectivity index (χ2n) is 5.04. The van der Waals surface area contributed by atoms with E-state index in [0.717, 1.165) is 4.90 Å². The minimum atomic E-state index is -0.453. The summed E-state index contributed by atoms with van der Waals surface area (Å²) in [5.41, 5.74) is 0.485. The second-order valence-corrected chi connectivity index (χ2v) is 5.04. The minimum absolute atomic E-state index is 0.0169. The number of Topliss-reactive ketones (excluding diaryl/α,β-unsaturated/α-hetero) is 2. The molecule has 7 nitrogen and oxygen atoms in total.